The Labute approximate surface area is 188 Å². The summed E-state index contributed by atoms with van der Waals surface area (Å²) in [6.45, 7) is 6.77. The molecule has 1 heterocycles. The number of thiophene rings is 1. The minimum Gasteiger partial charge on any atom is -0.481 e. The minimum absolute atomic E-state index is 0.0541. The molecule has 4 atom stereocenters. The van der Waals surface area contributed by atoms with Gasteiger partial charge in [0.05, 0.1) is 5.56 Å². The van der Waals surface area contributed by atoms with Crippen LogP contribution in [-0.2, 0) is 4.79 Å². The summed E-state index contributed by atoms with van der Waals surface area (Å²) < 4.78 is 1.16. The molecule has 0 saturated heterocycles. The molecule has 3 aliphatic rings. The summed E-state index contributed by atoms with van der Waals surface area (Å²) in [6, 6.07) is 6.50. The van der Waals surface area contributed by atoms with Crippen molar-refractivity contribution in [3.05, 3.63) is 46.9 Å². The van der Waals surface area contributed by atoms with Gasteiger partial charge in [-0.05, 0) is 74.3 Å². The lowest BCUT2D eigenvalue weighted by atomic mass is 9.44. The van der Waals surface area contributed by atoms with Crippen LogP contribution in [0, 0.1) is 30.1 Å². The Hall–Kier alpha value is -2.14. The SMILES string of the molecule is Cc1ccc2scc(C(=O)N[C@H]3[C@@H](CC=CCCCC(=O)O)C[C@H]4C[C@@H]3C4(C)C)c2c1. The average molecular weight is 440 g/mol. The first-order valence-corrected chi connectivity index (χ1v) is 12.3. The van der Waals surface area contributed by atoms with Gasteiger partial charge in [0.2, 0.25) is 0 Å². The van der Waals surface area contributed by atoms with E-state index in [0.717, 1.165) is 40.8 Å². The van der Waals surface area contributed by atoms with Crippen LogP contribution >= 0.6 is 11.3 Å². The number of fused-ring (bicyclic) bond motifs is 3. The van der Waals surface area contributed by atoms with Crippen LogP contribution in [0.15, 0.2) is 35.7 Å². The minimum atomic E-state index is -0.734. The lowest BCUT2D eigenvalue weighted by molar-refractivity contribution is -0.137. The van der Waals surface area contributed by atoms with Gasteiger partial charge in [0, 0.05) is 27.9 Å². The van der Waals surface area contributed by atoms with Gasteiger partial charge in [-0.3, -0.25) is 9.59 Å². The predicted molar refractivity (Wildman–Crippen MR) is 127 cm³/mol. The van der Waals surface area contributed by atoms with Crippen molar-refractivity contribution < 1.29 is 14.7 Å². The smallest absolute Gasteiger partial charge is 0.303 e. The zero-order valence-corrected chi connectivity index (χ0v) is 19.5. The molecule has 3 aliphatic carbocycles. The van der Waals surface area contributed by atoms with Crippen molar-refractivity contribution in [3.63, 3.8) is 0 Å². The third-order valence-electron chi connectivity index (χ3n) is 7.71. The van der Waals surface area contributed by atoms with Gasteiger partial charge in [0.15, 0.2) is 0 Å². The van der Waals surface area contributed by atoms with Gasteiger partial charge in [0.1, 0.15) is 0 Å². The molecule has 0 aliphatic heterocycles. The molecule has 0 spiro atoms. The van der Waals surface area contributed by atoms with Crippen LogP contribution in [0.25, 0.3) is 10.1 Å². The van der Waals surface area contributed by atoms with Crippen LogP contribution < -0.4 is 5.32 Å². The molecule has 2 aromatic rings. The van der Waals surface area contributed by atoms with Crippen molar-refractivity contribution >= 4 is 33.3 Å². The second kappa shape index (κ2) is 8.78. The van der Waals surface area contributed by atoms with Crippen molar-refractivity contribution in [2.45, 2.75) is 65.3 Å². The highest BCUT2D eigenvalue weighted by atomic mass is 32.1. The highest BCUT2D eigenvalue weighted by molar-refractivity contribution is 7.17. The number of hydrogen-bond acceptors (Lipinski definition) is 3. The van der Waals surface area contributed by atoms with Crippen molar-refractivity contribution in [2.75, 3.05) is 0 Å². The van der Waals surface area contributed by atoms with E-state index in [1.54, 1.807) is 11.3 Å². The lowest BCUT2D eigenvalue weighted by Crippen LogP contribution is -2.63. The molecule has 3 saturated carbocycles. The van der Waals surface area contributed by atoms with E-state index < -0.39 is 5.97 Å². The zero-order chi connectivity index (χ0) is 22.2. The number of allylic oxidation sites excluding steroid dienone is 2. The summed E-state index contributed by atoms with van der Waals surface area (Å²) >= 11 is 1.63. The zero-order valence-electron chi connectivity index (χ0n) is 18.7. The van der Waals surface area contributed by atoms with Gasteiger partial charge in [0.25, 0.3) is 5.91 Å². The van der Waals surface area contributed by atoms with Crippen LogP contribution in [0.5, 0.6) is 0 Å². The maximum Gasteiger partial charge on any atom is 0.303 e. The first kappa shape index (κ1) is 22.1. The quantitative estimate of drug-likeness (QED) is 0.381. The first-order valence-electron chi connectivity index (χ1n) is 11.4. The second-order valence-electron chi connectivity index (χ2n) is 10.00. The molecule has 166 valence electrons. The summed E-state index contributed by atoms with van der Waals surface area (Å²) in [4.78, 5) is 24.0. The van der Waals surface area contributed by atoms with E-state index in [-0.39, 0.29) is 23.8 Å². The average Bonchev–Trinajstić information content (AvgIpc) is 3.13. The van der Waals surface area contributed by atoms with Gasteiger partial charge >= 0.3 is 5.97 Å². The molecule has 2 bridgehead atoms. The molecular formula is C26H33NO3S. The summed E-state index contributed by atoms with van der Waals surface area (Å²) in [5, 5.41) is 15.3. The van der Waals surface area contributed by atoms with Crippen LogP contribution in [0.3, 0.4) is 0 Å². The van der Waals surface area contributed by atoms with E-state index in [0.29, 0.717) is 18.3 Å². The van der Waals surface area contributed by atoms with Crippen molar-refractivity contribution in [1.29, 1.82) is 0 Å². The molecule has 1 aromatic heterocycles. The molecule has 0 radical (unpaired) electrons. The number of nitrogens with one attached hydrogen (secondary N) is 1. The number of carboxylic acids is 1. The Morgan fingerprint density at radius 1 is 1.26 bits per heavy atom. The Morgan fingerprint density at radius 2 is 2.06 bits per heavy atom. The normalized spacial score (nSPS) is 26.7. The van der Waals surface area contributed by atoms with Gasteiger partial charge in [-0.1, -0.05) is 37.6 Å². The molecule has 1 amide bonds. The van der Waals surface area contributed by atoms with Crippen LogP contribution in [-0.4, -0.2) is 23.0 Å². The number of aryl methyl sites for hydroxylation is 1. The number of carbonyl (C=O) groups excluding carboxylic acids is 1. The summed E-state index contributed by atoms with van der Waals surface area (Å²) in [7, 11) is 0. The molecule has 31 heavy (non-hydrogen) atoms. The molecule has 3 fully saturated rings. The van der Waals surface area contributed by atoms with E-state index in [4.69, 9.17) is 5.11 Å². The largest absolute Gasteiger partial charge is 0.481 e. The van der Waals surface area contributed by atoms with E-state index in [9.17, 15) is 9.59 Å². The van der Waals surface area contributed by atoms with Crippen LogP contribution in [0.2, 0.25) is 0 Å². The Balaban J connectivity index is 1.46. The fraction of sp³-hybridized carbons (Fsp3) is 0.538. The van der Waals surface area contributed by atoms with Crippen molar-refractivity contribution in [1.82, 2.24) is 5.32 Å². The number of benzene rings is 1. The molecule has 5 heteroatoms. The number of rotatable bonds is 8. The molecule has 2 N–H and O–H groups in total. The Morgan fingerprint density at radius 3 is 2.81 bits per heavy atom. The lowest BCUT2D eigenvalue weighted by Gasteiger charge is -2.62. The van der Waals surface area contributed by atoms with Gasteiger partial charge in [-0.2, -0.15) is 0 Å². The standard InChI is InChI=1S/C26H33NO3S/c1-16-10-11-22-19(12-16)20(15-31-22)25(30)27-24-17(8-6-4-5-7-9-23(28)29)13-18-14-21(24)26(18,2)3/h4,6,10-12,15,17-18,21,24H,5,7-9,13-14H2,1-3H3,(H,27,30)(H,28,29)/t17-,18-,21-,24-/m0/s1. The van der Waals surface area contributed by atoms with E-state index in [1.165, 1.54) is 12.0 Å². The highest BCUT2D eigenvalue weighted by Crippen LogP contribution is 2.61. The molecule has 1 aromatic carbocycles. The maximum atomic E-state index is 13.3. The Bertz CT molecular complexity index is 1010. The summed E-state index contributed by atoms with van der Waals surface area (Å²) in [5.74, 6) is 1.02. The third-order valence-corrected chi connectivity index (χ3v) is 8.68. The van der Waals surface area contributed by atoms with Gasteiger partial charge in [-0.25, -0.2) is 0 Å². The van der Waals surface area contributed by atoms with Crippen molar-refractivity contribution in [3.8, 4) is 0 Å². The molecule has 5 rings (SSSR count). The van der Waals surface area contributed by atoms with E-state index >= 15 is 0 Å². The summed E-state index contributed by atoms with van der Waals surface area (Å²) in [6.07, 6.45) is 9.32. The number of carboxylic acid groups (broad SMARTS) is 1. The fourth-order valence-corrected chi connectivity index (χ4v) is 6.60. The van der Waals surface area contributed by atoms with Crippen LogP contribution in [0.4, 0.5) is 0 Å². The monoisotopic (exact) mass is 439 g/mol. The van der Waals surface area contributed by atoms with Gasteiger partial charge < -0.3 is 10.4 Å². The van der Waals surface area contributed by atoms with E-state index in [1.807, 2.05) is 5.38 Å². The number of unbranched alkanes of at least 4 members (excludes halogenated alkanes) is 1. The topological polar surface area (TPSA) is 66.4 Å². The van der Waals surface area contributed by atoms with Gasteiger partial charge in [-0.15, -0.1) is 11.3 Å². The number of aliphatic carboxylic acids is 1. The highest BCUT2D eigenvalue weighted by Gasteiger charge is 2.57. The molecular weight excluding hydrogens is 406 g/mol. The fourth-order valence-electron chi connectivity index (χ4n) is 5.68. The van der Waals surface area contributed by atoms with Crippen molar-refractivity contribution in [2.24, 2.45) is 23.2 Å². The third kappa shape index (κ3) is 4.43. The predicted octanol–water partition coefficient (Wildman–Crippen LogP) is 6.19. The Kier molecular flexibility index (Phi) is 6.25. The maximum absolute atomic E-state index is 13.3. The molecule has 0 unspecified atom stereocenters. The number of amides is 1. The molecule has 4 nitrogen and oxygen atoms in total. The second-order valence-corrected chi connectivity index (χ2v) is 10.9. The first-order chi connectivity index (χ1) is 14.8. The van der Waals surface area contributed by atoms with E-state index in [2.05, 4.69) is 56.4 Å². The van der Waals surface area contributed by atoms with Crippen LogP contribution in [0.1, 0.15) is 68.3 Å². The number of carbonyl (C=O) groups is 2. The number of hydrogen-bond donors (Lipinski definition) is 2. The summed E-state index contributed by atoms with van der Waals surface area (Å²) in [5.41, 5.74) is 2.25.